The Morgan fingerprint density at radius 2 is 1.35 bits per heavy atom. The molecule has 0 unspecified atom stereocenters. The maximum atomic E-state index is 14.2. The first-order valence-electron chi connectivity index (χ1n) is 5.10. The average Bonchev–Trinajstić information content (AvgIpc) is 2.45. The number of hydrogen-bond acceptors (Lipinski definition) is 1. The van der Waals surface area contributed by atoms with E-state index in [1.807, 2.05) is 0 Å². The molecule has 0 aromatic heterocycles. The summed E-state index contributed by atoms with van der Waals surface area (Å²) >= 11 is 29.9. The lowest BCUT2D eigenvalue weighted by Crippen LogP contribution is -1.93. The Labute approximate surface area is 139 Å². The smallest absolute Gasteiger partial charge is 0.148 e. The maximum Gasteiger partial charge on any atom is 0.148 e. The molecule has 7 heteroatoms. The highest BCUT2D eigenvalue weighted by Gasteiger charge is 2.23. The number of rotatable bonds is 1. The Bertz CT molecular complexity index is 722. The van der Waals surface area contributed by atoms with Crippen molar-refractivity contribution in [3.05, 3.63) is 54.7 Å². The van der Waals surface area contributed by atoms with Gasteiger partial charge in [-0.1, -0.05) is 70.1 Å². The highest BCUT2D eigenvalue weighted by molar-refractivity contribution is 6.56. The van der Waals surface area contributed by atoms with Crippen molar-refractivity contribution in [2.45, 2.75) is 0 Å². The normalized spacial score (nSPS) is 10.4. The standard InChI is InChI=1S/C13H3Cl5FN/c14-8-7(9(15)11(17)12(18)10(8)16)6-3-1-2-5(4-20)13(6)19/h1-3H. The molecule has 0 spiro atoms. The van der Waals surface area contributed by atoms with Crippen LogP contribution in [-0.2, 0) is 0 Å². The topological polar surface area (TPSA) is 23.8 Å². The first-order valence-corrected chi connectivity index (χ1v) is 6.99. The third-order valence-corrected chi connectivity index (χ3v) is 4.88. The van der Waals surface area contributed by atoms with Crippen LogP contribution in [0.4, 0.5) is 4.39 Å². The zero-order valence-corrected chi connectivity index (χ0v) is 13.2. The molecule has 2 aromatic rings. The van der Waals surface area contributed by atoms with Crippen LogP contribution in [0.5, 0.6) is 0 Å². The molecule has 0 fully saturated rings. The molecular formula is C13H3Cl5FN. The summed E-state index contributed by atoms with van der Waals surface area (Å²) < 4.78 is 14.2. The molecule has 0 saturated carbocycles. The van der Waals surface area contributed by atoms with Gasteiger partial charge in [0.05, 0.1) is 30.7 Å². The van der Waals surface area contributed by atoms with Gasteiger partial charge in [-0.2, -0.15) is 5.26 Å². The summed E-state index contributed by atoms with van der Waals surface area (Å²) in [7, 11) is 0. The molecule has 102 valence electrons. The molecule has 0 aliphatic rings. The van der Waals surface area contributed by atoms with E-state index in [0.717, 1.165) is 0 Å². The predicted octanol–water partition coefficient (Wildman–Crippen LogP) is 6.63. The van der Waals surface area contributed by atoms with E-state index in [9.17, 15) is 4.39 Å². The minimum atomic E-state index is -0.756. The van der Waals surface area contributed by atoms with Gasteiger partial charge in [-0.05, 0) is 6.07 Å². The monoisotopic (exact) mass is 367 g/mol. The zero-order valence-electron chi connectivity index (χ0n) is 9.45. The molecule has 0 bridgehead atoms. The van der Waals surface area contributed by atoms with Gasteiger partial charge in [0.1, 0.15) is 11.9 Å². The van der Waals surface area contributed by atoms with Gasteiger partial charge in [0.25, 0.3) is 0 Å². The van der Waals surface area contributed by atoms with E-state index < -0.39 is 5.82 Å². The summed E-state index contributed by atoms with van der Waals surface area (Å²) in [6.45, 7) is 0. The molecule has 2 rings (SSSR count). The van der Waals surface area contributed by atoms with Gasteiger partial charge < -0.3 is 0 Å². The van der Waals surface area contributed by atoms with Crippen molar-refractivity contribution in [1.29, 1.82) is 5.26 Å². The highest BCUT2D eigenvalue weighted by Crippen LogP contribution is 2.48. The predicted molar refractivity (Wildman–Crippen MR) is 81.6 cm³/mol. The minimum Gasteiger partial charge on any atom is -0.205 e. The van der Waals surface area contributed by atoms with E-state index in [2.05, 4.69) is 0 Å². The second kappa shape index (κ2) is 5.97. The van der Waals surface area contributed by atoms with E-state index in [1.54, 1.807) is 6.07 Å². The van der Waals surface area contributed by atoms with Crippen molar-refractivity contribution in [1.82, 2.24) is 0 Å². The van der Waals surface area contributed by atoms with E-state index >= 15 is 0 Å². The molecule has 2 aromatic carbocycles. The van der Waals surface area contributed by atoms with E-state index in [-0.39, 0.29) is 41.8 Å². The molecular weight excluding hydrogens is 366 g/mol. The van der Waals surface area contributed by atoms with E-state index in [1.165, 1.54) is 18.2 Å². The number of nitrogens with zero attached hydrogens (tertiary/aromatic N) is 1. The van der Waals surface area contributed by atoms with Crippen molar-refractivity contribution in [3.8, 4) is 17.2 Å². The van der Waals surface area contributed by atoms with Gasteiger partial charge in [-0.25, -0.2) is 4.39 Å². The Morgan fingerprint density at radius 1 is 0.850 bits per heavy atom. The SMILES string of the molecule is N#Cc1cccc(-c2c(Cl)c(Cl)c(Cl)c(Cl)c2Cl)c1F. The highest BCUT2D eigenvalue weighted by atomic mass is 35.5. The first-order chi connectivity index (χ1) is 9.40. The zero-order chi connectivity index (χ0) is 15.0. The summed E-state index contributed by atoms with van der Waals surface area (Å²) in [5, 5.41) is 8.73. The van der Waals surface area contributed by atoms with E-state index in [4.69, 9.17) is 63.3 Å². The van der Waals surface area contributed by atoms with Crippen LogP contribution in [0.1, 0.15) is 5.56 Å². The maximum absolute atomic E-state index is 14.2. The molecule has 0 amide bonds. The Morgan fingerprint density at radius 3 is 1.85 bits per heavy atom. The van der Waals surface area contributed by atoms with Crippen LogP contribution in [0.25, 0.3) is 11.1 Å². The van der Waals surface area contributed by atoms with Gasteiger partial charge in [-0.15, -0.1) is 0 Å². The molecule has 1 nitrogen and oxygen atoms in total. The van der Waals surface area contributed by atoms with Crippen molar-refractivity contribution in [2.75, 3.05) is 0 Å². The second-order valence-corrected chi connectivity index (χ2v) is 5.61. The lowest BCUT2D eigenvalue weighted by molar-refractivity contribution is 0.627. The van der Waals surface area contributed by atoms with Crippen LogP contribution in [0.2, 0.25) is 25.1 Å². The molecule has 0 atom stereocenters. The average molecular weight is 369 g/mol. The molecule has 0 aliphatic carbocycles. The summed E-state index contributed by atoms with van der Waals surface area (Å²) in [6.07, 6.45) is 0. The number of benzene rings is 2. The summed E-state index contributed by atoms with van der Waals surface area (Å²) in [4.78, 5) is 0. The molecule has 0 radical (unpaired) electrons. The van der Waals surface area contributed by atoms with Crippen molar-refractivity contribution < 1.29 is 4.39 Å². The van der Waals surface area contributed by atoms with Crippen molar-refractivity contribution in [3.63, 3.8) is 0 Å². The van der Waals surface area contributed by atoms with Gasteiger partial charge in [0.15, 0.2) is 0 Å². The number of hydrogen-bond donors (Lipinski definition) is 0. The lowest BCUT2D eigenvalue weighted by atomic mass is 10.0. The number of nitriles is 1. The molecule has 0 heterocycles. The summed E-state index contributed by atoms with van der Waals surface area (Å²) in [6, 6.07) is 5.99. The van der Waals surface area contributed by atoms with E-state index in [0.29, 0.717) is 0 Å². The summed E-state index contributed by atoms with van der Waals surface area (Å²) in [5.41, 5.74) is -0.0151. The van der Waals surface area contributed by atoms with Crippen LogP contribution >= 0.6 is 58.0 Å². The van der Waals surface area contributed by atoms with Gasteiger partial charge >= 0.3 is 0 Å². The molecule has 0 saturated heterocycles. The summed E-state index contributed by atoms with van der Waals surface area (Å²) in [5.74, 6) is -0.756. The van der Waals surface area contributed by atoms with Crippen molar-refractivity contribution in [2.24, 2.45) is 0 Å². The largest absolute Gasteiger partial charge is 0.205 e. The Kier molecular flexibility index (Phi) is 4.69. The van der Waals surface area contributed by atoms with Crippen LogP contribution in [0.15, 0.2) is 18.2 Å². The Balaban J connectivity index is 2.88. The minimum absolute atomic E-state index is 0.0103. The van der Waals surface area contributed by atoms with Crippen LogP contribution < -0.4 is 0 Å². The van der Waals surface area contributed by atoms with Crippen LogP contribution in [0.3, 0.4) is 0 Å². The fourth-order valence-corrected chi connectivity index (χ4v) is 2.99. The third-order valence-electron chi connectivity index (χ3n) is 2.60. The first kappa shape index (κ1) is 15.7. The molecule has 0 N–H and O–H groups in total. The van der Waals surface area contributed by atoms with Gasteiger partial charge in [0.2, 0.25) is 0 Å². The van der Waals surface area contributed by atoms with Gasteiger partial charge in [-0.3, -0.25) is 0 Å². The molecule has 0 aliphatic heterocycles. The lowest BCUT2D eigenvalue weighted by Gasteiger charge is -2.13. The quantitative estimate of drug-likeness (QED) is 0.409. The Hall–Kier alpha value is -0.690. The second-order valence-electron chi connectivity index (χ2n) is 3.72. The van der Waals surface area contributed by atoms with Gasteiger partial charge in [0, 0.05) is 11.1 Å². The number of halogens is 6. The molecule has 20 heavy (non-hydrogen) atoms. The van der Waals surface area contributed by atoms with Crippen molar-refractivity contribution >= 4 is 58.0 Å². The fourth-order valence-electron chi connectivity index (χ4n) is 1.65. The third kappa shape index (κ3) is 2.45. The van der Waals surface area contributed by atoms with Crippen LogP contribution in [-0.4, -0.2) is 0 Å². The fraction of sp³-hybridized carbons (Fsp3) is 0. The van der Waals surface area contributed by atoms with Crippen LogP contribution in [0, 0.1) is 17.1 Å².